The van der Waals surface area contributed by atoms with Crippen molar-refractivity contribution in [3.05, 3.63) is 59.9 Å². The van der Waals surface area contributed by atoms with Gasteiger partial charge in [0.15, 0.2) is 9.84 Å². The van der Waals surface area contributed by atoms with E-state index in [-0.39, 0.29) is 11.6 Å². The lowest BCUT2D eigenvalue weighted by Gasteiger charge is -2.11. The number of nitrogens with one attached hydrogen (secondary N) is 1. The highest BCUT2D eigenvalue weighted by molar-refractivity contribution is 7.91. The topological polar surface area (TPSA) is 46.2 Å². The van der Waals surface area contributed by atoms with Crippen LogP contribution in [0.3, 0.4) is 0 Å². The molecular formula is C16H18FNO2S. The summed E-state index contributed by atoms with van der Waals surface area (Å²) >= 11 is 0. The zero-order valence-electron chi connectivity index (χ0n) is 11.8. The molecule has 0 saturated carbocycles. The lowest BCUT2D eigenvalue weighted by Crippen LogP contribution is -2.11. The van der Waals surface area contributed by atoms with Crippen molar-refractivity contribution in [2.75, 3.05) is 17.6 Å². The van der Waals surface area contributed by atoms with Crippen LogP contribution in [0.25, 0.3) is 0 Å². The third-order valence-electron chi connectivity index (χ3n) is 3.22. The second-order valence-corrected chi connectivity index (χ2v) is 6.95. The Morgan fingerprint density at radius 3 is 2.57 bits per heavy atom. The third-order valence-corrected chi connectivity index (χ3v) is 5.01. The molecule has 0 amide bonds. The largest absolute Gasteiger partial charge is 0.384 e. The van der Waals surface area contributed by atoms with Gasteiger partial charge >= 0.3 is 0 Å². The van der Waals surface area contributed by atoms with Crippen LogP contribution in [0.2, 0.25) is 0 Å². The molecule has 0 atom stereocenters. The van der Waals surface area contributed by atoms with Crippen LogP contribution in [0, 0.1) is 5.82 Å². The Morgan fingerprint density at radius 2 is 1.86 bits per heavy atom. The van der Waals surface area contributed by atoms with Gasteiger partial charge < -0.3 is 5.32 Å². The number of para-hydroxylation sites is 1. The molecule has 0 bridgehead atoms. The summed E-state index contributed by atoms with van der Waals surface area (Å²) in [4.78, 5) is 0.312. The quantitative estimate of drug-likeness (QED) is 0.891. The van der Waals surface area contributed by atoms with E-state index in [1.54, 1.807) is 37.3 Å². The first kappa shape index (κ1) is 15.5. The van der Waals surface area contributed by atoms with Gasteiger partial charge in [-0.1, -0.05) is 31.2 Å². The maximum atomic E-state index is 13.1. The number of halogens is 1. The first-order valence-electron chi connectivity index (χ1n) is 6.83. The normalized spacial score (nSPS) is 11.3. The highest BCUT2D eigenvalue weighted by Crippen LogP contribution is 2.21. The minimum absolute atomic E-state index is 0.0651. The minimum Gasteiger partial charge on any atom is -0.384 e. The molecule has 2 aromatic rings. The molecular weight excluding hydrogens is 289 g/mol. The average Bonchev–Trinajstić information content (AvgIpc) is 2.48. The molecule has 0 aliphatic carbocycles. The van der Waals surface area contributed by atoms with E-state index < -0.39 is 9.84 Å². The summed E-state index contributed by atoms with van der Waals surface area (Å²) in [5.74, 6) is -0.197. The Morgan fingerprint density at radius 1 is 1.10 bits per heavy atom. The van der Waals surface area contributed by atoms with Crippen LogP contribution >= 0.6 is 0 Å². The number of hydrogen-bond donors (Lipinski definition) is 1. The predicted molar refractivity (Wildman–Crippen MR) is 82.8 cm³/mol. The van der Waals surface area contributed by atoms with Gasteiger partial charge in [-0.05, 0) is 36.2 Å². The van der Waals surface area contributed by atoms with Crippen molar-refractivity contribution >= 4 is 15.5 Å². The lowest BCUT2D eigenvalue weighted by molar-refractivity contribution is 0.597. The summed E-state index contributed by atoms with van der Waals surface area (Å²) in [6.07, 6.45) is 0.623. The molecule has 0 aliphatic heterocycles. The van der Waals surface area contributed by atoms with Crippen LogP contribution in [0.1, 0.15) is 12.5 Å². The minimum atomic E-state index is -3.25. The van der Waals surface area contributed by atoms with Crippen molar-refractivity contribution in [2.24, 2.45) is 0 Å². The van der Waals surface area contributed by atoms with E-state index in [1.807, 2.05) is 6.07 Å². The van der Waals surface area contributed by atoms with Crippen LogP contribution in [-0.2, 0) is 16.3 Å². The highest BCUT2D eigenvalue weighted by Gasteiger charge is 2.15. The molecule has 112 valence electrons. The number of benzene rings is 2. The van der Waals surface area contributed by atoms with E-state index in [2.05, 4.69) is 5.32 Å². The Balaban J connectivity index is 2.07. The monoisotopic (exact) mass is 307 g/mol. The molecule has 1 N–H and O–H groups in total. The van der Waals surface area contributed by atoms with Gasteiger partial charge in [-0.3, -0.25) is 0 Å². The van der Waals surface area contributed by atoms with Crippen LogP contribution < -0.4 is 5.32 Å². The zero-order chi connectivity index (χ0) is 15.3. The van der Waals surface area contributed by atoms with Crippen LogP contribution in [0.5, 0.6) is 0 Å². The maximum absolute atomic E-state index is 13.1. The van der Waals surface area contributed by atoms with Gasteiger partial charge in [0.1, 0.15) is 5.82 Å². The van der Waals surface area contributed by atoms with Gasteiger partial charge in [0.05, 0.1) is 16.3 Å². The zero-order valence-corrected chi connectivity index (χ0v) is 12.7. The highest BCUT2D eigenvalue weighted by atomic mass is 32.2. The number of sulfone groups is 1. The molecule has 0 spiro atoms. The lowest BCUT2D eigenvalue weighted by atomic mass is 10.1. The second kappa shape index (κ2) is 6.72. The summed E-state index contributed by atoms with van der Waals surface area (Å²) in [6.45, 7) is 2.17. The van der Waals surface area contributed by atoms with Crippen LogP contribution in [0.4, 0.5) is 10.1 Å². The van der Waals surface area contributed by atoms with Crippen molar-refractivity contribution in [1.29, 1.82) is 0 Å². The van der Waals surface area contributed by atoms with E-state index in [0.29, 0.717) is 23.5 Å². The second-order valence-electron chi connectivity index (χ2n) is 4.71. The molecule has 0 unspecified atom stereocenters. The SMILES string of the molecule is CCS(=O)(=O)c1ccccc1NCCc1cccc(F)c1. The van der Waals surface area contributed by atoms with Crippen molar-refractivity contribution < 1.29 is 12.8 Å². The Labute approximate surface area is 124 Å². The fourth-order valence-electron chi connectivity index (χ4n) is 2.07. The first-order valence-corrected chi connectivity index (χ1v) is 8.48. The third kappa shape index (κ3) is 4.04. The predicted octanol–water partition coefficient (Wildman–Crippen LogP) is 3.27. The Kier molecular flexibility index (Phi) is 4.96. The summed E-state index contributed by atoms with van der Waals surface area (Å²) in [5.41, 5.74) is 1.47. The summed E-state index contributed by atoms with van der Waals surface area (Å²) in [6, 6.07) is 13.2. The molecule has 3 nitrogen and oxygen atoms in total. The van der Waals surface area contributed by atoms with Crippen molar-refractivity contribution in [1.82, 2.24) is 0 Å². The standard InChI is InChI=1S/C16H18FNO2S/c1-2-21(19,20)16-9-4-3-8-15(16)18-11-10-13-6-5-7-14(17)12-13/h3-9,12,18H,2,10-11H2,1H3. The molecule has 0 heterocycles. The molecule has 0 fully saturated rings. The summed E-state index contributed by atoms with van der Waals surface area (Å²) < 4.78 is 37.1. The van der Waals surface area contributed by atoms with E-state index in [4.69, 9.17) is 0 Å². The van der Waals surface area contributed by atoms with E-state index in [1.165, 1.54) is 12.1 Å². The van der Waals surface area contributed by atoms with Crippen LogP contribution in [0.15, 0.2) is 53.4 Å². The summed E-state index contributed by atoms with van der Waals surface area (Å²) in [7, 11) is -3.25. The molecule has 0 saturated heterocycles. The number of anilines is 1. The molecule has 21 heavy (non-hydrogen) atoms. The molecule has 0 aromatic heterocycles. The molecule has 0 radical (unpaired) electrons. The van der Waals surface area contributed by atoms with Crippen LogP contribution in [-0.4, -0.2) is 20.7 Å². The van der Waals surface area contributed by atoms with Gasteiger partial charge in [0, 0.05) is 6.54 Å². The van der Waals surface area contributed by atoms with Crippen molar-refractivity contribution in [3.8, 4) is 0 Å². The molecule has 2 aromatic carbocycles. The summed E-state index contributed by atoms with van der Waals surface area (Å²) in [5, 5.41) is 3.12. The van der Waals surface area contributed by atoms with Gasteiger partial charge in [-0.15, -0.1) is 0 Å². The average molecular weight is 307 g/mol. The van der Waals surface area contributed by atoms with Crippen molar-refractivity contribution in [3.63, 3.8) is 0 Å². The molecule has 0 aliphatic rings. The van der Waals surface area contributed by atoms with Gasteiger partial charge in [-0.2, -0.15) is 0 Å². The van der Waals surface area contributed by atoms with E-state index in [0.717, 1.165) is 5.56 Å². The Bertz CT molecular complexity index is 714. The number of rotatable bonds is 6. The number of hydrogen-bond acceptors (Lipinski definition) is 3. The van der Waals surface area contributed by atoms with Gasteiger partial charge in [0.2, 0.25) is 0 Å². The van der Waals surface area contributed by atoms with Gasteiger partial charge in [-0.25, -0.2) is 12.8 Å². The smallest absolute Gasteiger partial charge is 0.180 e. The van der Waals surface area contributed by atoms with E-state index >= 15 is 0 Å². The van der Waals surface area contributed by atoms with E-state index in [9.17, 15) is 12.8 Å². The molecule has 5 heteroatoms. The maximum Gasteiger partial charge on any atom is 0.180 e. The Hall–Kier alpha value is -1.88. The first-order chi connectivity index (χ1) is 10.0. The van der Waals surface area contributed by atoms with Crippen molar-refractivity contribution in [2.45, 2.75) is 18.2 Å². The fraction of sp³-hybridized carbons (Fsp3) is 0.250. The fourth-order valence-corrected chi connectivity index (χ4v) is 3.15. The molecule has 2 rings (SSSR count). The van der Waals surface area contributed by atoms with Gasteiger partial charge in [0.25, 0.3) is 0 Å².